The maximum atomic E-state index is 9.56. The van der Waals surface area contributed by atoms with Crippen LogP contribution in [0, 0.1) is 0 Å². The summed E-state index contributed by atoms with van der Waals surface area (Å²) in [6, 6.07) is 3.06. The first-order valence-corrected chi connectivity index (χ1v) is 4.61. The van der Waals surface area contributed by atoms with Crippen molar-refractivity contribution in [3.63, 3.8) is 0 Å². The third-order valence-corrected chi connectivity index (χ3v) is 2.07. The first kappa shape index (κ1) is 11.4. The van der Waals surface area contributed by atoms with Gasteiger partial charge in [0, 0.05) is 17.8 Å². The highest BCUT2D eigenvalue weighted by molar-refractivity contribution is 6.30. The molecule has 3 N–H and O–H groups in total. The third kappa shape index (κ3) is 2.92. The Kier molecular flexibility index (Phi) is 4.28. The molecular formula is C9H12ClNO3. The van der Waals surface area contributed by atoms with Crippen LogP contribution in [0.1, 0.15) is 18.2 Å². The molecule has 0 aliphatic carbocycles. The predicted molar refractivity (Wildman–Crippen MR) is 51.9 cm³/mol. The SMILES string of the molecule is OCCC(O)C(O)c1cc(Cl)ccn1. The van der Waals surface area contributed by atoms with Gasteiger partial charge in [-0.05, 0) is 18.6 Å². The molecule has 1 aromatic rings. The Balaban J connectivity index is 2.73. The predicted octanol–water partition coefficient (Wildman–Crippen LogP) is 0.512. The number of aromatic nitrogens is 1. The van der Waals surface area contributed by atoms with Crippen LogP contribution in [0.5, 0.6) is 0 Å². The van der Waals surface area contributed by atoms with Gasteiger partial charge in [0.2, 0.25) is 0 Å². The van der Waals surface area contributed by atoms with Crippen molar-refractivity contribution in [2.24, 2.45) is 0 Å². The average molecular weight is 218 g/mol. The monoisotopic (exact) mass is 217 g/mol. The second kappa shape index (κ2) is 5.26. The van der Waals surface area contributed by atoms with Crippen LogP contribution in [0.25, 0.3) is 0 Å². The molecule has 0 aliphatic heterocycles. The number of hydrogen-bond acceptors (Lipinski definition) is 4. The Morgan fingerprint density at radius 2 is 2.14 bits per heavy atom. The molecule has 1 heterocycles. The maximum absolute atomic E-state index is 9.56. The van der Waals surface area contributed by atoms with Crippen molar-refractivity contribution in [1.29, 1.82) is 0 Å². The molecule has 0 amide bonds. The summed E-state index contributed by atoms with van der Waals surface area (Å²) in [5.41, 5.74) is 0.304. The molecule has 2 atom stereocenters. The first-order valence-electron chi connectivity index (χ1n) is 4.23. The molecule has 0 bridgehead atoms. The van der Waals surface area contributed by atoms with Gasteiger partial charge in [-0.2, -0.15) is 0 Å². The topological polar surface area (TPSA) is 73.6 Å². The fourth-order valence-corrected chi connectivity index (χ4v) is 1.24. The summed E-state index contributed by atoms with van der Waals surface area (Å²) < 4.78 is 0. The highest BCUT2D eigenvalue weighted by Gasteiger charge is 2.18. The van der Waals surface area contributed by atoms with Crippen molar-refractivity contribution in [1.82, 2.24) is 4.98 Å². The van der Waals surface area contributed by atoms with Gasteiger partial charge < -0.3 is 15.3 Å². The number of aliphatic hydroxyl groups is 3. The molecule has 0 saturated carbocycles. The van der Waals surface area contributed by atoms with Crippen molar-refractivity contribution in [3.8, 4) is 0 Å². The second-order valence-corrected chi connectivity index (χ2v) is 3.36. The number of rotatable bonds is 4. The largest absolute Gasteiger partial charge is 0.396 e. The van der Waals surface area contributed by atoms with E-state index >= 15 is 0 Å². The van der Waals surface area contributed by atoms with Crippen LogP contribution in [0.3, 0.4) is 0 Å². The summed E-state index contributed by atoms with van der Waals surface area (Å²) in [6.07, 6.45) is -0.575. The highest BCUT2D eigenvalue weighted by atomic mass is 35.5. The van der Waals surface area contributed by atoms with Crippen LogP contribution >= 0.6 is 11.6 Å². The molecule has 0 aliphatic rings. The molecule has 78 valence electrons. The lowest BCUT2D eigenvalue weighted by Crippen LogP contribution is -2.20. The zero-order valence-corrected chi connectivity index (χ0v) is 8.22. The highest BCUT2D eigenvalue weighted by Crippen LogP contribution is 2.19. The molecule has 1 aromatic heterocycles. The quantitative estimate of drug-likeness (QED) is 0.687. The lowest BCUT2D eigenvalue weighted by Gasteiger charge is -2.16. The van der Waals surface area contributed by atoms with Crippen LogP contribution in [0.15, 0.2) is 18.3 Å². The van der Waals surface area contributed by atoms with Crippen LogP contribution in [0.4, 0.5) is 0 Å². The van der Waals surface area contributed by atoms with Gasteiger partial charge in [-0.1, -0.05) is 11.6 Å². The van der Waals surface area contributed by atoms with Crippen LogP contribution < -0.4 is 0 Å². The first-order chi connectivity index (χ1) is 6.65. The summed E-state index contributed by atoms with van der Waals surface area (Å²) in [4.78, 5) is 3.87. The summed E-state index contributed by atoms with van der Waals surface area (Å²) in [6.45, 7) is -0.182. The van der Waals surface area contributed by atoms with Crippen molar-refractivity contribution < 1.29 is 15.3 Å². The zero-order valence-electron chi connectivity index (χ0n) is 7.47. The summed E-state index contributed by atoms with van der Waals surface area (Å²) in [7, 11) is 0. The zero-order chi connectivity index (χ0) is 10.6. The normalized spacial score (nSPS) is 15.1. The van der Waals surface area contributed by atoms with Crippen LogP contribution in [0.2, 0.25) is 5.02 Å². The van der Waals surface area contributed by atoms with Crippen molar-refractivity contribution in [2.45, 2.75) is 18.6 Å². The minimum absolute atomic E-state index is 0.107. The Morgan fingerprint density at radius 3 is 2.71 bits per heavy atom. The Morgan fingerprint density at radius 1 is 1.43 bits per heavy atom. The Bertz CT molecular complexity index is 295. The van der Waals surface area contributed by atoms with Gasteiger partial charge in [0.25, 0.3) is 0 Å². The van der Waals surface area contributed by atoms with Gasteiger partial charge in [-0.3, -0.25) is 4.98 Å². The van der Waals surface area contributed by atoms with E-state index in [1.54, 1.807) is 6.07 Å². The van der Waals surface area contributed by atoms with E-state index in [1.807, 2.05) is 0 Å². The molecule has 5 heteroatoms. The molecule has 0 fully saturated rings. The maximum Gasteiger partial charge on any atom is 0.122 e. The van der Waals surface area contributed by atoms with Crippen molar-refractivity contribution >= 4 is 11.6 Å². The molecule has 4 nitrogen and oxygen atoms in total. The van der Waals surface area contributed by atoms with E-state index in [0.717, 1.165) is 0 Å². The van der Waals surface area contributed by atoms with E-state index in [0.29, 0.717) is 10.7 Å². The summed E-state index contributed by atoms with van der Waals surface area (Å²) in [5.74, 6) is 0. The lowest BCUT2D eigenvalue weighted by atomic mass is 10.1. The van der Waals surface area contributed by atoms with Gasteiger partial charge in [-0.15, -0.1) is 0 Å². The van der Waals surface area contributed by atoms with E-state index in [-0.39, 0.29) is 13.0 Å². The van der Waals surface area contributed by atoms with Gasteiger partial charge in [0.15, 0.2) is 0 Å². The number of hydrogen-bond donors (Lipinski definition) is 3. The minimum atomic E-state index is -1.11. The van der Waals surface area contributed by atoms with E-state index in [4.69, 9.17) is 16.7 Å². The van der Waals surface area contributed by atoms with Crippen molar-refractivity contribution in [2.75, 3.05) is 6.61 Å². The number of nitrogens with zero attached hydrogens (tertiary/aromatic N) is 1. The molecule has 0 aromatic carbocycles. The number of aliphatic hydroxyl groups excluding tert-OH is 3. The van der Waals surface area contributed by atoms with Gasteiger partial charge in [0.1, 0.15) is 6.10 Å². The Hall–Kier alpha value is -0.680. The van der Waals surface area contributed by atoms with Crippen LogP contribution in [-0.2, 0) is 0 Å². The van der Waals surface area contributed by atoms with Crippen LogP contribution in [-0.4, -0.2) is 33.0 Å². The molecule has 0 spiro atoms. The minimum Gasteiger partial charge on any atom is -0.396 e. The average Bonchev–Trinajstić information content (AvgIpc) is 2.17. The fraction of sp³-hybridized carbons (Fsp3) is 0.444. The number of halogens is 1. The molecule has 2 unspecified atom stereocenters. The molecular weight excluding hydrogens is 206 g/mol. The smallest absolute Gasteiger partial charge is 0.122 e. The Labute approximate surface area is 86.8 Å². The summed E-state index contributed by atoms with van der Waals surface area (Å²) in [5, 5.41) is 28.0. The molecule has 0 radical (unpaired) electrons. The molecule has 14 heavy (non-hydrogen) atoms. The standard InChI is InChI=1S/C9H12ClNO3/c10-6-1-3-11-7(5-6)9(14)8(13)2-4-12/h1,3,5,8-9,12-14H,2,4H2. The number of pyridine rings is 1. The van der Waals surface area contributed by atoms with E-state index in [2.05, 4.69) is 4.98 Å². The molecule has 0 saturated heterocycles. The second-order valence-electron chi connectivity index (χ2n) is 2.92. The van der Waals surface area contributed by atoms with E-state index in [9.17, 15) is 10.2 Å². The van der Waals surface area contributed by atoms with Crippen molar-refractivity contribution in [3.05, 3.63) is 29.0 Å². The van der Waals surface area contributed by atoms with E-state index < -0.39 is 12.2 Å². The lowest BCUT2D eigenvalue weighted by molar-refractivity contribution is 0.00192. The molecule has 1 rings (SSSR count). The van der Waals surface area contributed by atoms with Gasteiger partial charge >= 0.3 is 0 Å². The fourth-order valence-electron chi connectivity index (χ4n) is 1.07. The van der Waals surface area contributed by atoms with Gasteiger partial charge in [-0.25, -0.2) is 0 Å². The van der Waals surface area contributed by atoms with Gasteiger partial charge in [0.05, 0.1) is 11.8 Å². The third-order valence-electron chi connectivity index (χ3n) is 1.84. The summed E-state index contributed by atoms with van der Waals surface area (Å²) >= 11 is 5.69. The van der Waals surface area contributed by atoms with E-state index in [1.165, 1.54) is 12.3 Å².